The minimum atomic E-state index is -0.231. The van der Waals surface area contributed by atoms with Crippen LogP contribution in [-0.4, -0.2) is 32.3 Å². The summed E-state index contributed by atoms with van der Waals surface area (Å²) in [6.45, 7) is 5.40. The molecule has 1 fully saturated rings. The van der Waals surface area contributed by atoms with Crippen LogP contribution in [0.3, 0.4) is 0 Å². The zero-order chi connectivity index (χ0) is 15.4. The maximum absolute atomic E-state index is 12.8. The molecule has 0 radical (unpaired) electrons. The third-order valence-electron chi connectivity index (χ3n) is 3.87. The Bertz CT molecular complexity index is 656. The molecule has 1 saturated heterocycles. The molecule has 1 aliphatic rings. The monoisotopic (exact) mass is 357 g/mol. The van der Waals surface area contributed by atoms with E-state index in [1.165, 1.54) is 10.0 Å². The van der Waals surface area contributed by atoms with Crippen molar-refractivity contribution in [1.82, 2.24) is 4.90 Å². The molecule has 1 heterocycles. The van der Waals surface area contributed by atoms with Crippen molar-refractivity contribution in [1.29, 1.82) is 0 Å². The van der Waals surface area contributed by atoms with Gasteiger partial charge in [-0.25, -0.2) is 0 Å². The summed E-state index contributed by atoms with van der Waals surface area (Å²) in [5.41, 5.74) is 1.19. The summed E-state index contributed by atoms with van der Waals surface area (Å²) in [6, 6.07) is 20.5. The number of nitrogens with zero attached hydrogens (tertiary/aromatic N) is 1. The number of likely N-dealkylation sites (tertiary alicyclic amines) is 1. The molecular weight excluding hydrogens is 337 g/mol. The van der Waals surface area contributed by atoms with E-state index < -0.39 is 0 Å². The van der Waals surface area contributed by atoms with Crippen LogP contribution >= 0.6 is 0 Å². The van der Waals surface area contributed by atoms with E-state index in [4.69, 9.17) is 0 Å². The van der Waals surface area contributed by atoms with Crippen LogP contribution < -0.4 is 4.46 Å². The van der Waals surface area contributed by atoms with Gasteiger partial charge in [0.15, 0.2) is 0 Å². The van der Waals surface area contributed by atoms with Gasteiger partial charge in [-0.15, -0.1) is 0 Å². The van der Waals surface area contributed by atoms with Crippen molar-refractivity contribution < 1.29 is 4.79 Å². The zero-order valence-electron chi connectivity index (χ0n) is 12.4. The van der Waals surface area contributed by atoms with Crippen LogP contribution in [0.4, 0.5) is 0 Å². The van der Waals surface area contributed by atoms with Crippen molar-refractivity contribution >= 4 is 25.3 Å². The number of amides is 1. The minimum absolute atomic E-state index is 0.146. The summed E-state index contributed by atoms with van der Waals surface area (Å²) in [5, 5.41) is 0. The Morgan fingerprint density at radius 2 is 1.73 bits per heavy atom. The van der Waals surface area contributed by atoms with Gasteiger partial charge in [-0.3, -0.25) is 0 Å². The fourth-order valence-corrected chi connectivity index (χ4v) is 5.69. The molecule has 0 N–H and O–H groups in total. The molecule has 0 bridgehead atoms. The number of carbonyl (C=O) groups is 1. The SMILES string of the molecule is C=CC[C@]1([Se]c2ccccc2)CN(Cc2ccccc2)C1=O. The Kier molecular flexibility index (Phi) is 4.46. The average Bonchev–Trinajstić information content (AvgIpc) is 2.56. The number of β-lactam (4-membered cyclic amide) rings is 1. The van der Waals surface area contributed by atoms with E-state index in [2.05, 4.69) is 30.8 Å². The van der Waals surface area contributed by atoms with Crippen LogP contribution in [0.15, 0.2) is 73.3 Å². The summed E-state index contributed by atoms with van der Waals surface area (Å²) in [4.78, 5) is 14.7. The third-order valence-corrected chi connectivity index (χ3v) is 6.74. The molecule has 1 atom stereocenters. The van der Waals surface area contributed by atoms with Crippen molar-refractivity contribution in [2.45, 2.75) is 17.3 Å². The van der Waals surface area contributed by atoms with Gasteiger partial charge in [-0.2, -0.15) is 0 Å². The molecule has 2 aromatic rings. The molecule has 3 heteroatoms. The van der Waals surface area contributed by atoms with Gasteiger partial charge in [0.05, 0.1) is 0 Å². The molecular formula is C19H19NOSe. The number of allylic oxidation sites excluding steroid dienone is 1. The average molecular weight is 356 g/mol. The molecule has 2 aromatic carbocycles. The van der Waals surface area contributed by atoms with Crippen LogP contribution in [0, 0.1) is 0 Å². The standard InChI is InChI=1S/C19H19NOSe/c1-2-13-19(22-17-11-7-4-8-12-17)15-20(18(19)21)14-16-9-5-3-6-10-16/h2-12H,1,13-15H2/t19-/m0/s1. The van der Waals surface area contributed by atoms with E-state index in [-0.39, 0.29) is 25.2 Å². The van der Waals surface area contributed by atoms with Crippen LogP contribution in [0.2, 0.25) is 4.31 Å². The molecule has 3 rings (SSSR count). The van der Waals surface area contributed by atoms with Crippen LogP contribution in [-0.2, 0) is 11.3 Å². The van der Waals surface area contributed by atoms with Crippen molar-refractivity contribution in [2.24, 2.45) is 0 Å². The third kappa shape index (κ3) is 3.01. The summed E-state index contributed by atoms with van der Waals surface area (Å²) in [7, 11) is 0. The molecule has 0 spiro atoms. The van der Waals surface area contributed by atoms with Crippen molar-refractivity contribution in [3.05, 3.63) is 78.9 Å². The Labute approximate surface area is 138 Å². The summed E-state index contributed by atoms with van der Waals surface area (Å²) < 4.78 is 1.05. The molecule has 0 aliphatic carbocycles. The molecule has 22 heavy (non-hydrogen) atoms. The number of benzene rings is 2. The predicted molar refractivity (Wildman–Crippen MR) is 91.2 cm³/mol. The van der Waals surface area contributed by atoms with E-state index in [1.54, 1.807) is 0 Å². The normalized spacial score (nSPS) is 20.5. The fraction of sp³-hybridized carbons (Fsp3) is 0.211. The second-order valence-corrected chi connectivity index (χ2v) is 8.61. The number of carbonyl (C=O) groups excluding carboxylic acids is 1. The van der Waals surface area contributed by atoms with Gasteiger partial charge in [0.1, 0.15) is 0 Å². The van der Waals surface area contributed by atoms with Gasteiger partial charge >= 0.3 is 138 Å². The Morgan fingerprint density at radius 1 is 1.09 bits per heavy atom. The van der Waals surface area contributed by atoms with Crippen LogP contribution in [0.25, 0.3) is 0 Å². The van der Waals surface area contributed by atoms with E-state index >= 15 is 0 Å². The van der Waals surface area contributed by atoms with E-state index in [0.29, 0.717) is 6.54 Å². The second-order valence-electron chi connectivity index (χ2n) is 5.55. The molecule has 112 valence electrons. The second kappa shape index (κ2) is 6.51. The summed E-state index contributed by atoms with van der Waals surface area (Å²) >= 11 is 0.146. The van der Waals surface area contributed by atoms with Gasteiger partial charge < -0.3 is 0 Å². The predicted octanol–water partition coefficient (Wildman–Crippen LogP) is 2.79. The maximum atomic E-state index is 12.8. The van der Waals surface area contributed by atoms with E-state index in [0.717, 1.165) is 13.0 Å². The zero-order valence-corrected chi connectivity index (χ0v) is 14.2. The molecule has 0 saturated carbocycles. The van der Waals surface area contributed by atoms with E-state index in [1.807, 2.05) is 47.4 Å². The fourth-order valence-electron chi connectivity index (χ4n) is 2.79. The topological polar surface area (TPSA) is 20.3 Å². The Hall–Kier alpha value is -1.83. The summed E-state index contributed by atoms with van der Waals surface area (Å²) in [5.74, 6) is 0.278. The Morgan fingerprint density at radius 3 is 2.32 bits per heavy atom. The van der Waals surface area contributed by atoms with Gasteiger partial charge in [-0.1, -0.05) is 0 Å². The molecule has 2 nitrogen and oxygen atoms in total. The first-order chi connectivity index (χ1) is 10.7. The van der Waals surface area contributed by atoms with Crippen molar-refractivity contribution in [3.8, 4) is 0 Å². The number of hydrogen-bond donors (Lipinski definition) is 0. The molecule has 1 amide bonds. The van der Waals surface area contributed by atoms with Crippen LogP contribution in [0.5, 0.6) is 0 Å². The van der Waals surface area contributed by atoms with Crippen molar-refractivity contribution in [3.63, 3.8) is 0 Å². The molecule has 1 aliphatic heterocycles. The first kappa shape index (κ1) is 15.1. The number of rotatable bonds is 6. The first-order valence-electron chi connectivity index (χ1n) is 7.42. The quantitative estimate of drug-likeness (QED) is 0.443. The number of hydrogen-bond acceptors (Lipinski definition) is 1. The van der Waals surface area contributed by atoms with Gasteiger partial charge in [0, 0.05) is 0 Å². The van der Waals surface area contributed by atoms with Gasteiger partial charge in [-0.05, 0) is 0 Å². The summed E-state index contributed by atoms with van der Waals surface area (Å²) in [6.07, 6.45) is 2.66. The van der Waals surface area contributed by atoms with Gasteiger partial charge in [0.2, 0.25) is 0 Å². The van der Waals surface area contributed by atoms with Crippen molar-refractivity contribution in [2.75, 3.05) is 6.54 Å². The van der Waals surface area contributed by atoms with Gasteiger partial charge in [0.25, 0.3) is 0 Å². The van der Waals surface area contributed by atoms with Crippen LogP contribution in [0.1, 0.15) is 12.0 Å². The molecule has 0 aromatic heterocycles. The Balaban J connectivity index is 1.71. The molecule has 0 unspecified atom stereocenters. The van der Waals surface area contributed by atoms with E-state index in [9.17, 15) is 4.79 Å². The first-order valence-corrected chi connectivity index (χ1v) is 9.13.